The van der Waals surface area contributed by atoms with E-state index in [0.717, 1.165) is 22.7 Å². The second kappa shape index (κ2) is 10.3. The van der Waals surface area contributed by atoms with Gasteiger partial charge in [-0.15, -0.1) is 0 Å². The van der Waals surface area contributed by atoms with Crippen LogP contribution in [0.4, 0.5) is 10.1 Å². The van der Waals surface area contributed by atoms with E-state index < -0.39 is 40.2 Å². The lowest BCUT2D eigenvalue weighted by atomic mass is 10.1. The Morgan fingerprint density at radius 3 is 2.26 bits per heavy atom. The number of nitrogens with zero attached hydrogens (tertiary/aromatic N) is 2. The van der Waals surface area contributed by atoms with Gasteiger partial charge in [0.2, 0.25) is 21.8 Å². The molecule has 1 atom stereocenters. The van der Waals surface area contributed by atoms with E-state index in [-0.39, 0.29) is 17.3 Å². The minimum atomic E-state index is -3.92. The number of amides is 2. The predicted octanol–water partition coefficient (Wildman–Crippen LogP) is 3.06. The van der Waals surface area contributed by atoms with E-state index in [2.05, 4.69) is 5.32 Å². The van der Waals surface area contributed by atoms with Crippen LogP contribution in [0.25, 0.3) is 0 Å². The van der Waals surface area contributed by atoms with Gasteiger partial charge >= 0.3 is 0 Å². The van der Waals surface area contributed by atoms with Crippen LogP contribution in [0.1, 0.15) is 12.5 Å². The van der Waals surface area contributed by atoms with Crippen molar-refractivity contribution in [2.45, 2.75) is 19.5 Å². The highest BCUT2D eigenvalue weighted by atomic mass is 35.5. The third kappa shape index (κ3) is 6.56. The molecule has 0 aliphatic rings. The van der Waals surface area contributed by atoms with Crippen molar-refractivity contribution >= 4 is 50.7 Å². The molecule has 0 aromatic heterocycles. The molecule has 0 fully saturated rings. The van der Waals surface area contributed by atoms with Gasteiger partial charge in [0, 0.05) is 18.6 Å². The summed E-state index contributed by atoms with van der Waals surface area (Å²) >= 11 is 11.7. The van der Waals surface area contributed by atoms with Crippen LogP contribution in [0.3, 0.4) is 0 Å². The van der Waals surface area contributed by atoms with Crippen LogP contribution in [0.15, 0.2) is 42.5 Å². The summed E-state index contributed by atoms with van der Waals surface area (Å²) < 4.78 is 39.1. The van der Waals surface area contributed by atoms with Crippen molar-refractivity contribution in [2.75, 3.05) is 24.2 Å². The molecule has 0 bridgehead atoms. The van der Waals surface area contributed by atoms with Gasteiger partial charge in [-0.2, -0.15) is 0 Å². The second-order valence-electron chi connectivity index (χ2n) is 6.81. The molecule has 31 heavy (non-hydrogen) atoms. The Balaban J connectivity index is 2.39. The number of anilines is 1. The molecule has 0 unspecified atom stereocenters. The molecular weight excluding hydrogens is 468 g/mol. The SMILES string of the molecule is CNC(=O)[C@H](C)N(Cc1ccc(Cl)cc1)C(=O)CN(c1ccc(F)c(Cl)c1)S(C)(=O)=O. The highest BCUT2D eigenvalue weighted by Gasteiger charge is 2.29. The molecule has 0 saturated heterocycles. The topological polar surface area (TPSA) is 86.8 Å². The van der Waals surface area contributed by atoms with Crippen LogP contribution >= 0.6 is 23.2 Å². The Bertz CT molecular complexity index is 1060. The van der Waals surface area contributed by atoms with Crippen molar-refractivity contribution in [1.82, 2.24) is 10.2 Å². The molecule has 7 nitrogen and oxygen atoms in total. The van der Waals surface area contributed by atoms with Crippen LogP contribution in [-0.2, 0) is 26.2 Å². The molecule has 11 heteroatoms. The zero-order chi connectivity index (χ0) is 23.3. The number of likely N-dealkylation sites (N-methyl/N-ethyl adjacent to an activating group) is 1. The van der Waals surface area contributed by atoms with E-state index in [1.807, 2.05) is 0 Å². The highest BCUT2D eigenvalue weighted by Crippen LogP contribution is 2.25. The Morgan fingerprint density at radius 2 is 1.74 bits per heavy atom. The first-order chi connectivity index (χ1) is 14.4. The summed E-state index contributed by atoms with van der Waals surface area (Å²) in [6.45, 7) is 0.980. The zero-order valence-electron chi connectivity index (χ0n) is 17.1. The molecule has 2 aromatic carbocycles. The normalized spacial score (nSPS) is 12.2. The number of nitrogens with one attached hydrogen (secondary N) is 1. The molecule has 0 spiro atoms. The van der Waals surface area contributed by atoms with Gasteiger partial charge in [0.1, 0.15) is 18.4 Å². The van der Waals surface area contributed by atoms with E-state index in [1.165, 1.54) is 24.9 Å². The van der Waals surface area contributed by atoms with Crippen molar-refractivity contribution in [1.29, 1.82) is 0 Å². The molecule has 1 N–H and O–H groups in total. The minimum Gasteiger partial charge on any atom is -0.357 e. The summed E-state index contributed by atoms with van der Waals surface area (Å²) in [7, 11) is -2.48. The number of sulfonamides is 1. The fourth-order valence-corrected chi connectivity index (χ4v) is 3.97. The largest absolute Gasteiger partial charge is 0.357 e. The summed E-state index contributed by atoms with van der Waals surface area (Å²) in [5.41, 5.74) is 0.727. The summed E-state index contributed by atoms with van der Waals surface area (Å²) in [5.74, 6) is -1.77. The maximum atomic E-state index is 13.5. The Kier molecular flexibility index (Phi) is 8.27. The Morgan fingerprint density at radius 1 is 1.13 bits per heavy atom. The van der Waals surface area contributed by atoms with Crippen molar-refractivity contribution in [3.8, 4) is 0 Å². The van der Waals surface area contributed by atoms with Gasteiger partial charge < -0.3 is 10.2 Å². The van der Waals surface area contributed by atoms with Gasteiger partial charge in [0.25, 0.3) is 0 Å². The molecule has 2 rings (SSSR count). The average molecular weight is 490 g/mol. The Labute approximate surface area is 190 Å². The monoisotopic (exact) mass is 489 g/mol. The van der Waals surface area contributed by atoms with Gasteiger partial charge in [-0.25, -0.2) is 12.8 Å². The molecule has 2 aromatic rings. The third-order valence-electron chi connectivity index (χ3n) is 4.55. The van der Waals surface area contributed by atoms with Gasteiger partial charge in [0.15, 0.2) is 0 Å². The van der Waals surface area contributed by atoms with Gasteiger partial charge in [-0.05, 0) is 42.8 Å². The maximum absolute atomic E-state index is 13.5. The van der Waals surface area contributed by atoms with Crippen molar-refractivity contribution in [2.24, 2.45) is 0 Å². The molecule has 0 radical (unpaired) electrons. The van der Waals surface area contributed by atoms with Crippen LogP contribution in [-0.4, -0.2) is 51.0 Å². The van der Waals surface area contributed by atoms with Gasteiger partial charge in [-0.3, -0.25) is 13.9 Å². The number of hydrogen-bond acceptors (Lipinski definition) is 4. The fourth-order valence-electron chi connectivity index (χ4n) is 2.83. The first-order valence-corrected chi connectivity index (χ1v) is 11.7. The predicted molar refractivity (Wildman–Crippen MR) is 119 cm³/mol. The van der Waals surface area contributed by atoms with Crippen LogP contribution < -0.4 is 9.62 Å². The van der Waals surface area contributed by atoms with Crippen molar-refractivity contribution in [3.05, 3.63) is 63.9 Å². The van der Waals surface area contributed by atoms with E-state index in [1.54, 1.807) is 24.3 Å². The minimum absolute atomic E-state index is 0.0290. The fraction of sp³-hybridized carbons (Fsp3) is 0.300. The summed E-state index contributed by atoms with van der Waals surface area (Å²) in [5, 5.41) is 2.71. The lowest BCUT2D eigenvalue weighted by molar-refractivity contribution is -0.139. The summed E-state index contributed by atoms with van der Waals surface area (Å²) in [6, 6.07) is 9.16. The van der Waals surface area contributed by atoms with E-state index in [4.69, 9.17) is 23.2 Å². The molecular formula is C20H22Cl2FN3O4S. The smallest absolute Gasteiger partial charge is 0.244 e. The quantitative estimate of drug-likeness (QED) is 0.617. The zero-order valence-corrected chi connectivity index (χ0v) is 19.4. The lowest BCUT2D eigenvalue weighted by Crippen LogP contribution is -2.50. The van der Waals surface area contributed by atoms with E-state index in [0.29, 0.717) is 10.6 Å². The van der Waals surface area contributed by atoms with Crippen molar-refractivity contribution < 1.29 is 22.4 Å². The number of hydrogen-bond donors (Lipinski definition) is 1. The lowest BCUT2D eigenvalue weighted by Gasteiger charge is -2.31. The van der Waals surface area contributed by atoms with Crippen LogP contribution in [0.5, 0.6) is 0 Å². The molecule has 0 aliphatic heterocycles. The number of carbonyl (C=O) groups is 2. The maximum Gasteiger partial charge on any atom is 0.244 e. The molecule has 0 aliphatic carbocycles. The number of halogens is 3. The van der Waals surface area contributed by atoms with Gasteiger partial charge in [-0.1, -0.05) is 35.3 Å². The first kappa shape index (κ1) is 24.9. The van der Waals surface area contributed by atoms with E-state index >= 15 is 0 Å². The molecule has 168 valence electrons. The summed E-state index contributed by atoms with van der Waals surface area (Å²) in [4.78, 5) is 26.6. The van der Waals surface area contributed by atoms with Crippen molar-refractivity contribution in [3.63, 3.8) is 0 Å². The molecule has 2 amide bonds. The Hall–Kier alpha value is -2.36. The number of rotatable bonds is 8. The third-order valence-corrected chi connectivity index (χ3v) is 6.23. The molecule has 0 saturated carbocycles. The first-order valence-electron chi connectivity index (χ1n) is 9.12. The van der Waals surface area contributed by atoms with Gasteiger partial charge in [0.05, 0.1) is 17.0 Å². The summed E-state index contributed by atoms with van der Waals surface area (Å²) in [6.07, 6.45) is 0.920. The van der Waals surface area contributed by atoms with Crippen LogP contribution in [0, 0.1) is 5.82 Å². The second-order valence-corrected chi connectivity index (χ2v) is 9.56. The average Bonchev–Trinajstić information content (AvgIpc) is 2.71. The number of carbonyl (C=O) groups excluding carboxylic acids is 2. The van der Waals surface area contributed by atoms with E-state index in [9.17, 15) is 22.4 Å². The standard InChI is InChI=1S/C20H22Cl2FN3O4S/c1-13(20(28)24-2)25(11-14-4-6-15(21)7-5-14)19(27)12-26(31(3,29)30)16-8-9-18(23)17(22)10-16/h4-10,13H,11-12H2,1-3H3,(H,24,28)/t13-/m0/s1. The highest BCUT2D eigenvalue weighted by molar-refractivity contribution is 7.92. The number of benzene rings is 2. The molecule has 0 heterocycles. The van der Waals surface area contributed by atoms with Crippen LogP contribution in [0.2, 0.25) is 10.0 Å².